The summed E-state index contributed by atoms with van der Waals surface area (Å²) in [4.78, 5) is 13.5. The predicted molar refractivity (Wildman–Crippen MR) is 80.8 cm³/mol. The van der Waals surface area contributed by atoms with E-state index >= 15 is 0 Å². The number of ether oxygens (including phenoxy) is 1. The number of para-hydroxylation sites is 1. The number of benzene rings is 1. The summed E-state index contributed by atoms with van der Waals surface area (Å²) in [5, 5.41) is 14.8. The average molecular weight is 291 g/mol. The molecule has 6 nitrogen and oxygen atoms in total. The number of hydrogen-bond donors (Lipinski definition) is 1. The Morgan fingerprint density at radius 3 is 2.76 bits per heavy atom. The Balaban J connectivity index is 1.84. The van der Waals surface area contributed by atoms with Gasteiger partial charge in [-0.25, -0.2) is 0 Å². The molecule has 2 bridgehead atoms. The lowest BCUT2D eigenvalue weighted by Gasteiger charge is -2.45. The molecular weight excluding hydrogens is 270 g/mol. The Hall–Kier alpha value is -1.82. The van der Waals surface area contributed by atoms with Crippen LogP contribution in [0, 0.1) is 16.0 Å². The number of nitro groups is 1. The molecule has 3 aliphatic rings. The summed E-state index contributed by atoms with van der Waals surface area (Å²) in [5.74, 6) is 0.958. The zero-order valence-corrected chi connectivity index (χ0v) is 12.2. The summed E-state index contributed by atoms with van der Waals surface area (Å²) < 4.78 is 5.40. The van der Waals surface area contributed by atoms with Gasteiger partial charge in [-0.1, -0.05) is 6.07 Å². The van der Waals surface area contributed by atoms with E-state index in [1.54, 1.807) is 12.1 Å². The van der Waals surface area contributed by atoms with Gasteiger partial charge in [-0.15, -0.1) is 0 Å². The average Bonchev–Trinajstić information content (AvgIpc) is 2.48. The molecule has 1 N–H and O–H groups in total. The monoisotopic (exact) mass is 291 g/mol. The molecule has 0 spiro atoms. The summed E-state index contributed by atoms with van der Waals surface area (Å²) in [7, 11) is 0. The zero-order chi connectivity index (χ0) is 14.8. The van der Waals surface area contributed by atoms with Crippen LogP contribution in [0.5, 0.6) is 5.75 Å². The molecule has 1 aromatic rings. The Kier molecular flexibility index (Phi) is 3.96. The lowest BCUT2D eigenvalue weighted by atomic mass is 9.84. The zero-order valence-electron chi connectivity index (χ0n) is 12.2. The number of rotatable bonds is 5. The van der Waals surface area contributed by atoms with Gasteiger partial charge in [0.1, 0.15) is 5.69 Å². The largest absolute Gasteiger partial charge is 0.487 e. The highest BCUT2D eigenvalue weighted by Crippen LogP contribution is 2.37. The second kappa shape index (κ2) is 5.89. The van der Waals surface area contributed by atoms with Gasteiger partial charge >= 0.3 is 5.69 Å². The maximum Gasteiger partial charge on any atom is 0.333 e. The van der Waals surface area contributed by atoms with Crippen molar-refractivity contribution in [3.63, 3.8) is 0 Å². The fourth-order valence-corrected chi connectivity index (χ4v) is 3.43. The summed E-state index contributed by atoms with van der Waals surface area (Å²) >= 11 is 0. The van der Waals surface area contributed by atoms with Crippen LogP contribution in [-0.2, 0) is 0 Å². The molecule has 1 aromatic carbocycles. The van der Waals surface area contributed by atoms with Crippen LogP contribution in [0.3, 0.4) is 0 Å². The normalized spacial score (nSPS) is 27.4. The highest BCUT2D eigenvalue weighted by Gasteiger charge is 2.35. The van der Waals surface area contributed by atoms with E-state index in [0.717, 1.165) is 19.6 Å². The van der Waals surface area contributed by atoms with Crippen molar-refractivity contribution in [2.45, 2.75) is 25.8 Å². The molecule has 3 heterocycles. The Morgan fingerprint density at radius 1 is 1.43 bits per heavy atom. The Morgan fingerprint density at radius 2 is 2.19 bits per heavy atom. The number of anilines is 1. The van der Waals surface area contributed by atoms with Crippen LogP contribution in [0.25, 0.3) is 0 Å². The summed E-state index contributed by atoms with van der Waals surface area (Å²) in [6, 6.07) is 5.53. The number of nitrogens with one attached hydrogen (secondary N) is 1. The van der Waals surface area contributed by atoms with Crippen molar-refractivity contribution in [3.05, 3.63) is 28.3 Å². The van der Waals surface area contributed by atoms with Gasteiger partial charge in [-0.05, 0) is 50.9 Å². The minimum atomic E-state index is -0.352. The van der Waals surface area contributed by atoms with Gasteiger partial charge < -0.3 is 15.0 Å². The SMILES string of the molecule is CCOc1cccc(NC2CN3CCC2CC3)c1[N+](=O)[O-]. The molecule has 0 aromatic heterocycles. The van der Waals surface area contributed by atoms with Crippen LogP contribution in [0.4, 0.5) is 11.4 Å². The Bertz CT molecular complexity index is 527. The van der Waals surface area contributed by atoms with Gasteiger partial charge in [0.2, 0.25) is 0 Å². The van der Waals surface area contributed by atoms with Gasteiger partial charge in [-0.3, -0.25) is 10.1 Å². The number of nitrogens with zero attached hydrogens (tertiary/aromatic N) is 2. The van der Waals surface area contributed by atoms with E-state index in [1.165, 1.54) is 12.8 Å². The van der Waals surface area contributed by atoms with Crippen molar-refractivity contribution in [2.75, 3.05) is 31.6 Å². The van der Waals surface area contributed by atoms with Gasteiger partial charge in [0.05, 0.1) is 11.5 Å². The lowest BCUT2D eigenvalue weighted by Crippen LogP contribution is -2.53. The molecular formula is C15H21N3O3. The van der Waals surface area contributed by atoms with Gasteiger partial charge in [-0.2, -0.15) is 0 Å². The second-order valence-corrected chi connectivity index (χ2v) is 5.73. The van der Waals surface area contributed by atoms with Crippen LogP contribution < -0.4 is 10.1 Å². The standard InChI is InChI=1S/C15H21N3O3/c1-2-21-14-5-3-4-12(15(14)18(19)20)16-13-10-17-8-6-11(13)7-9-17/h3-5,11,13,16H,2,6-10H2,1H3. The van der Waals surface area contributed by atoms with Gasteiger partial charge in [0, 0.05) is 12.6 Å². The van der Waals surface area contributed by atoms with Crippen molar-refractivity contribution in [1.29, 1.82) is 0 Å². The first kappa shape index (κ1) is 14.1. The van der Waals surface area contributed by atoms with Gasteiger partial charge in [0.25, 0.3) is 0 Å². The summed E-state index contributed by atoms with van der Waals surface area (Å²) in [6.07, 6.45) is 2.35. The molecule has 0 aliphatic carbocycles. The highest BCUT2D eigenvalue weighted by atomic mass is 16.6. The van der Waals surface area contributed by atoms with E-state index in [0.29, 0.717) is 30.0 Å². The molecule has 1 unspecified atom stereocenters. The van der Waals surface area contributed by atoms with E-state index in [9.17, 15) is 10.1 Å². The maximum atomic E-state index is 11.4. The maximum absolute atomic E-state index is 11.4. The van der Waals surface area contributed by atoms with E-state index in [1.807, 2.05) is 13.0 Å². The van der Waals surface area contributed by atoms with E-state index < -0.39 is 0 Å². The predicted octanol–water partition coefficient (Wildman–Crippen LogP) is 2.50. The molecule has 21 heavy (non-hydrogen) atoms. The van der Waals surface area contributed by atoms with E-state index in [4.69, 9.17) is 4.74 Å². The lowest BCUT2D eigenvalue weighted by molar-refractivity contribution is -0.385. The molecule has 0 amide bonds. The third kappa shape index (κ3) is 2.81. The number of hydrogen-bond acceptors (Lipinski definition) is 5. The first-order chi connectivity index (χ1) is 10.2. The second-order valence-electron chi connectivity index (χ2n) is 5.73. The molecule has 6 heteroatoms. The minimum absolute atomic E-state index is 0.0517. The molecule has 3 aliphatic heterocycles. The number of nitro benzene ring substituents is 1. The molecule has 3 fully saturated rings. The van der Waals surface area contributed by atoms with Crippen LogP contribution >= 0.6 is 0 Å². The molecule has 4 rings (SSSR count). The van der Waals surface area contributed by atoms with Crippen molar-refractivity contribution in [2.24, 2.45) is 5.92 Å². The third-order valence-corrected chi connectivity index (χ3v) is 4.48. The summed E-state index contributed by atoms with van der Waals surface area (Å²) in [5.41, 5.74) is 0.625. The quantitative estimate of drug-likeness (QED) is 0.667. The van der Waals surface area contributed by atoms with Crippen LogP contribution in [0.15, 0.2) is 18.2 Å². The fraction of sp³-hybridized carbons (Fsp3) is 0.600. The molecule has 114 valence electrons. The van der Waals surface area contributed by atoms with Crippen molar-refractivity contribution < 1.29 is 9.66 Å². The topological polar surface area (TPSA) is 67.6 Å². The van der Waals surface area contributed by atoms with E-state index in [-0.39, 0.29) is 10.6 Å². The highest BCUT2D eigenvalue weighted by molar-refractivity contribution is 5.68. The van der Waals surface area contributed by atoms with Crippen LogP contribution in [-0.4, -0.2) is 42.1 Å². The van der Waals surface area contributed by atoms with Crippen LogP contribution in [0.1, 0.15) is 19.8 Å². The smallest absolute Gasteiger partial charge is 0.333 e. The van der Waals surface area contributed by atoms with E-state index in [2.05, 4.69) is 10.2 Å². The number of fused-ring (bicyclic) bond motifs is 3. The Labute approximate surface area is 124 Å². The molecule has 3 saturated heterocycles. The number of piperidine rings is 3. The molecule has 0 saturated carbocycles. The first-order valence-electron chi connectivity index (χ1n) is 7.58. The van der Waals surface area contributed by atoms with Crippen LogP contribution in [0.2, 0.25) is 0 Å². The first-order valence-corrected chi connectivity index (χ1v) is 7.58. The minimum Gasteiger partial charge on any atom is -0.487 e. The van der Waals surface area contributed by atoms with Crippen molar-refractivity contribution >= 4 is 11.4 Å². The van der Waals surface area contributed by atoms with Crippen molar-refractivity contribution in [1.82, 2.24) is 4.90 Å². The fourth-order valence-electron chi connectivity index (χ4n) is 3.43. The molecule has 1 atom stereocenters. The third-order valence-electron chi connectivity index (χ3n) is 4.48. The van der Waals surface area contributed by atoms with Gasteiger partial charge in [0.15, 0.2) is 5.75 Å². The summed E-state index contributed by atoms with van der Waals surface area (Å²) in [6.45, 7) is 5.54. The molecule has 0 radical (unpaired) electrons. The van der Waals surface area contributed by atoms with Crippen molar-refractivity contribution in [3.8, 4) is 5.75 Å².